The first-order chi connectivity index (χ1) is 8.25. The van der Waals surface area contributed by atoms with Gasteiger partial charge in [0, 0.05) is 12.0 Å². The smallest absolute Gasteiger partial charge is 0.303 e. The van der Waals surface area contributed by atoms with Gasteiger partial charge in [-0.2, -0.15) is 0 Å². The molecule has 4 nitrogen and oxygen atoms in total. The predicted molar refractivity (Wildman–Crippen MR) is 62.5 cm³/mol. The number of carbonyl (C=O) groups is 1. The van der Waals surface area contributed by atoms with Crippen LogP contribution in [0.5, 0.6) is 0 Å². The molecule has 4 heteroatoms. The molecule has 0 aliphatic carbocycles. The van der Waals surface area contributed by atoms with E-state index in [0.29, 0.717) is 12.3 Å². The minimum Gasteiger partial charge on any atom is -0.481 e. The van der Waals surface area contributed by atoms with Crippen LogP contribution in [0.2, 0.25) is 0 Å². The van der Waals surface area contributed by atoms with E-state index >= 15 is 0 Å². The Morgan fingerprint density at radius 1 is 1.41 bits per heavy atom. The molecule has 0 fully saturated rings. The van der Waals surface area contributed by atoms with Crippen LogP contribution in [0.3, 0.4) is 0 Å². The standard InChI is InChI=1S/C13H13NO3/c15-12(16)6-2-4-10-3-1-5-11(9-10)13-14-7-8-17-13/h1,3,5,7-9H,2,4,6H2,(H,15,16). The van der Waals surface area contributed by atoms with Gasteiger partial charge in [-0.15, -0.1) is 0 Å². The monoisotopic (exact) mass is 231 g/mol. The van der Waals surface area contributed by atoms with Crippen molar-refractivity contribution in [3.8, 4) is 11.5 Å². The van der Waals surface area contributed by atoms with Gasteiger partial charge in [0.25, 0.3) is 0 Å². The minimum absolute atomic E-state index is 0.198. The quantitative estimate of drug-likeness (QED) is 0.859. The Hall–Kier alpha value is -2.10. The van der Waals surface area contributed by atoms with E-state index in [1.54, 1.807) is 6.20 Å². The molecule has 0 bridgehead atoms. The van der Waals surface area contributed by atoms with E-state index in [1.807, 2.05) is 24.3 Å². The Bertz CT molecular complexity index is 491. The number of hydrogen-bond donors (Lipinski definition) is 1. The van der Waals surface area contributed by atoms with Crippen molar-refractivity contribution < 1.29 is 14.3 Å². The summed E-state index contributed by atoms with van der Waals surface area (Å²) in [4.78, 5) is 14.5. The lowest BCUT2D eigenvalue weighted by Gasteiger charge is -2.01. The summed E-state index contributed by atoms with van der Waals surface area (Å²) >= 11 is 0. The molecule has 17 heavy (non-hydrogen) atoms. The van der Waals surface area contributed by atoms with Gasteiger partial charge in [0.2, 0.25) is 5.89 Å². The fourth-order valence-corrected chi connectivity index (χ4v) is 1.67. The van der Waals surface area contributed by atoms with Crippen molar-refractivity contribution in [3.05, 3.63) is 42.3 Å². The Labute approximate surface area is 98.9 Å². The molecule has 0 aliphatic heterocycles. The van der Waals surface area contributed by atoms with Crippen molar-refractivity contribution in [2.75, 3.05) is 0 Å². The van der Waals surface area contributed by atoms with E-state index in [0.717, 1.165) is 17.5 Å². The number of aromatic nitrogens is 1. The van der Waals surface area contributed by atoms with E-state index in [2.05, 4.69) is 4.98 Å². The Morgan fingerprint density at radius 2 is 2.29 bits per heavy atom. The number of hydrogen-bond acceptors (Lipinski definition) is 3. The van der Waals surface area contributed by atoms with Gasteiger partial charge in [0.15, 0.2) is 0 Å². The maximum absolute atomic E-state index is 10.4. The van der Waals surface area contributed by atoms with E-state index in [9.17, 15) is 4.79 Å². The van der Waals surface area contributed by atoms with Crippen LogP contribution in [-0.4, -0.2) is 16.1 Å². The number of aliphatic carboxylic acids is 1. The van der Waals surface area contributed by atoms with Crippen LogP contribution in [0.4, 0.5) is 0 Å². The van der Waals surface area contributed by atoms with E-state index in [4.69, 9.17) is 9.52 Å². The molecule has 2 aromatic rings. The van der Waals surface area contributed by atoms with E-state index < -0.39 is 5.97 Å². The number of benzene rings is 1. The summed E-state index contributed by atoms with van der Waals surface area (Å²) in [6, 6.07) is 7.81. The third-order valence-corrected chi connectivity index (χ3v) is 2.46. The second kappa shape index (κ2) is 5.30. The first-order valence-electron chi connectivity index (χ1n) is 5.46. The third kappa shape index (κ3) is 3.17. The molecule has 88 valence electrons. The predicted octanol–water partition coefficient (Wildman–Crippen LogP) is 2.75. The molecule has 1 N–H and O–H groups in total. The number of rotatable bonds is 5. The van der Waals surface area contributed by atoms with Crippen LogP contribution in [0.15, 0.2) is 41.1 Å². The molecule has 0 unspecified atom stereocenters. The highest BCUT2D eigenvalue weighted by Gasteiger charge is 2.04. The minimum atomic E-state index is -0.756. The van der Waals surface area contributed by atoms with Gasteiger partial charge >= 0.3 is 5.97 Å². The van der Waals surface area contributed by atoms with Crippen LogP contribution in [0.25, 0.3) is 11.5 Å². The first-order valence-corrected chi connectivity index (χ1v) is 5.46. The van der Waals surface area contributed by atoms with Crippen molar-refractivity contribution in [2.24, 2.45) is 0 Å². The number of aryl methyl sites for hydroxylation is 1. The molecular weight excluding hydrogens is 218 g/mol. The van der Waals surface area contributed by atoms with Gasteiger partial charge in [-0.3, -0.25) is 4.79 Å². The van der Waals surface area contributed by atoms with Crippen LogP contribution >= 0.6 is 0 Å². The summed E-state index contributed by atoms with van der Waals surface area (Å²) in [6.07, 6.45) is 4.73. The normalized spacial score (nSPS) is 10.4. The fraction of sp³-hybridized carbons (Fsp3) is 0.231. The molecule has 1 heterocycles. The molecule has 0 saturated carbocycles. The SMILES string of the molecule is O=C(O)CCCc1cccc(-c2ncco2)c1. The van der Waals surface area contributed by atoms with Crippen molar-refractivity contribution in [2.45, 2.75) is 19.3 Å². The molecule has 0 atom stereocenters. The van der Waals surface area contributed by atoms with Gasteiger partial charge in [0.05, 0.1) is 6.20 Å². The van der Waals surface area contributed by atoms with Gasteiger partial charge < -0.3 is 9.52 Å². The number of nitrogens with zero attached hydrogens (tertiary/aromatic N) is 1. The van der Waals surface area contributed by atoms with E-state index in [1.165, 1.54) is 6.26 Å². The van der Waals surface area contributed by atoms with Crippen molar-refractivity contribution in [1.82, 2.24) is 4.98 Å². The molecule has 0 amide bonds. The fourth-order valence-electron chi connectivity index (χ4n) is 1.67. The summed E-state index contributed by atoms with van der Waals surface area (Å²) in [5, 5.41) is 8.57. The average molecular weight is 231 g/mol. The summed E-state index contributed by atoms with van der Waals surface area (Å²) in [7, 11) is 0. The zero-order chi connectivity index (χ0) is 12.1. The van der Waals surface area contributed by atoms with Crippen LogP contribution < -0.4 is 0 Å². The molecule has 2 rings (SSSR count). The van der Waals surface area contributed by atoms with Gasteiger partial charge in [0.1, 0.15) is 6.26 Å². The highest BCUT2D eigenvalue weighted by atomic mass is 16.4. The molecule has 0 radical (unpaired) electrons. The second-order valence-corrected chi connectivity index (χ2v) is 3.78. The molecule has 0 saturated heterocycles. The largest absolute Gasteiger partial charge is 0.481 e. The van der Waals surface area contributed by atoms with Gasteiger partial charge in [-0.1, -0.05) is 12.1 Å². The summed E-state index contributed by atoms with van der Waals surface area (Å²) in [6.45, 7) is 0. The van der Waals surface area contributed by atoms with Crippen LogP contribution in [0.1, 0.15) is 18.4 Å². The van der Waals surface area contributed by atoms with Gasteiger partial charge in [-0.25, -0.2) is 4.98 Å². The maximum atomic E-state index is 10.4. The summed E-state index contributed by atoms with van der Waals surface area (Å²) < 4.78 is 5.21. The molecule has 0 aliphatic rings. The van der Waals surface area contributed by atoms with Crippen LogP contribution in [-0.2, 0) is 11.2 Å². The maximum Gasteiger partial charge on any atom is 0.303 e. The van der Waals surface area contributed by atoms with Crippen molar-refractivity contribution >= 4 is 5.97 Å². The second-order valence-electron chi connectivity index (χ2n) is 3.78. The number of carboxylic acids is 1. The number of carboxylic acid groups (broad SMARTS) is 1. The average Bonchev–Trinajstić information content (AvgIpc) is 2.82. The highest BCUT2D eigenvalue weighted by Crippen LogP contribution is 2.19. The molecule has 1 aromatic heterocycles. The lowest BCUT2D eigenvalue weighted by Crippen LogP contribution is -1.95. The first kappa shape index (κ1) is 11.4. The highest BCUT2D eigenvalue weighted by molar-refractivity contribution is 5.66. The molecule has 0 spiro atoms. The molecule has 1 aromatic carbocycles. The zero-order valence-corrected chi connectivity index (χ0v) is 9.30. The van der Waals surface area contributed by atoms with Crippen molar-refractivity contribution in [3.63, 3.8) is 0 Å². The summed E-state index contributed by atoms with van der Waals surface area (Å²) in [5.74, 6) is -0.168. The topological polar surface area (TPSA) is 63.3 Å². The number of oxazole rings is 1. The molecular formula is C13H13NO3. The van der Waals surface area contributed by atoms with E-state index in [-0.39, 0.29) is 6.42 Å². The Balaban J connectivity index is 2.04. The Morgan fingerprint density at radius 3 is 3.00 bits per heavy atom. The third-order valence-electron chi connectivity index (χ3n) is 2.46. The Kier molecular flexibility index (Phi) is 3.55. The summed E-state index contributed by atoms with van der Waals surface area (Å²) in [5.41, 5.74) is 2.02. The zero-order valence-electron chi connectivity index (χ0n) is 9.30. The van der Waals surface area contributed by atoms with Gasteiger partial charge in [-0.05, 0) is 30.5 Å². The lowest BCUT2D eigenvalue weighted by atomic mass is 10.1. The van der Waals surface area contributed by atoms with Crippen molar-refractivity contribution in [1.29, 1.82) is 0 Å². The van der Waals surface area contributed by atoms with Crippen LogP contribution in [0, 0.1) is 0 Å². The lowest BCUT2D eigenvalue weighted by molar-refractivity contribution is -0.137.